The molecule has 1 saturated carbocycles. The van der Waals surface area contributed by atoms with Gasteiger partial charge in [0, 0.05) is 0 Å². The Bertz CT molecular complexity index is 621. The summed E-state index contributed by atoms with van der Waals surface area (Å²) in [5.74, 6) is 2.93. The van der Waals surface area contributed by atoms with Crippen LogP contribution in [0.25, 0.3) is 0 Å². The molecule has 156 valence electrons. The third-order valence-corrected chi connectivity index (χ3v) is 7.44. The van der Waals surface area contributed by atoms with E-state index in [4.69, 9.17) is 0 Å². The smallest absolute Gasteiger partial charge is 0.126 e. The van der Waals surface area contributed by atoms with E-state index in [9.17, 15) is 4.39 Å². The molecular weight excluding hydrogens is 343 g/mol. The molecule has 1 fully saturated rings. The highest BCUT2D eigenvalue weighted by Crippen LogP contribution is 2.41. The lowest BCUT2D eigenvalue weighted by molar-refractivity contribution is 0.185. The fourth-order valence-electron chi connectivity index (χ4n) is 5.53. The molecule has 28 heavy (non-hydrogen) atoms. The lowest BCUT2D eigenvalue weighted by Gasteiger charge is -2.35. The summed E-state index contributed by atoms with van der Waals surface area (Å²) >= 11 is 0. The van der Waals surface area contributed by atoms with Gasteiger partial charge in [0.2, 0.25) is 0 Å². The Labute approximate surface area is 173 Å². The van der Waals surface area contributed by atoms with Crippen LogP contribution >= 0.6 is 0 Å². The van der Waals surface area contributed by atoms with Gasteiger partial charge in [-0.2, -0.15) is 0 Å². The van der Waals surface area contributed by atoms with Crippen molar-refractivity contribution in [2.45, 2.75) is 104 Å². The molecule has 1 atom stereocenters. The van der Waals surface area contributed by atoms with Gasteiger partial charge in [0.1, 0.15) is 5.82 Å². The zero-order valence-corrected chi connectivity index (χ0v) is 18.3. The summed E-state index contributed by atoms with van der Waals surface area (Å²) in [6, 6.07) is 5.90. The standard InChI is InChI=1S/C27H41F/c1-3-5-7-21-10-15-24(16-11-21)25-17-12-22(13-18-25)8-9-23-14-19-26(6-4-2)27(28)20-23/h12,14,19-21,24-25H,3-11,13,15-18H2,1-2H3/t21-,24-,25?. The zero-order chi connectivity index (χ0) is 19.8. The van der Waals surface area contributed by atoms with Gasteiger partial charge in [0.15, 0.2) is 0 Å². The quantitative estimate of drug-likeness (QED) is 0.375. The van der Waals surface area contributed by atoms with Crippen molar-refractivity contribution in [3.63, 3.8) is 0 Å². The molecule has 0 bridgehead atoms. The van der Waals surface area contributed by atoms with Crippen LogP contribution in [-0.4, -0.2) is 0 Å². The van der Waals surface area contributed by atoms with Crippen LogP contribution in [-0.2, 0) is 12.8 Å². The van der Waals surface area contributed by atoms with E-state index in [0.717, 1.165) is 54.6 Å². The molecule has 2 aliphatic carbocycles. The van der Waals surface area contributed by atoms with E-state index in [1.165, 1.54) is 64.2 Å². The van der Waals surface area contributed by atoms with Gasteiger partial charge in [-0.3, -0.25) is 0 Å². The van der Waals surface area contributed by atoms with Crippen molar-refractivity contribution < 1.29 is 4.39 Å². The Morgan fingerprint density at radius 2 is 1.71 bits per heavy atom. The predicted molar refractivity (Wildman–Crippen MR) is 119 cm³/mol. The third kappa shape index (κ3) is 6.19. The molecule has 3 rings (SSSR count). The molecule has 0 radical (unpaired) electrons. The average molecular weight is 385 g/mol. The van der Waals surface area contributed by atoms with Crippen molar-refractivity contribution in [2.75, 3.05) is 0 Å². The summed E-state index contributed by atoms with van der Waals surface area (Å²) in [6.45, 7) is 4.42. The third-order valence-electron chi connectivity index (χ3n) is 7.44. The second-order valence-electron chi connectivity index (χ2n) is 9.50. The number of halogens is 1. The number of allylic oxidation sites excluding steroid dienone is 2. The number of aryl methyl sites for hydroxylation is 2. The molecule has 1 aromatic carbocycles. The predicted octanol–water partition coefficient (Wildman–Crippen LogP) is 8.43. The fourth-order valence-corrected chi connectivity index (χ4v) is 5.53. The largest absolute Gasteiger partial charge is 0.207 e. The summed E-state index contributed by atoms with van der Waals surface area (Å²) < 4.78 is 14.1. The molecule has 1 aromatic rings. The molecular formula is C27H41F. The maximum absolute atomic E-state index is 14.1. The van der Waals surface area contributed by atoms with Crippen LogP contribution in [0.5, 0.6) is 0 Å². The van der Waals surface area contributed by atoms with Gasteiger partial charge in [-0.15, -0.1) is 0 Å². The minimum Gasteiger partial charge on any atom is -0.207 e. The van der Waals surface area contributed by atoms with Gasteiger partial charge < -0.3 is 0 Å². The van der Waals surface area contributed by atoms with Crippen LogP contribution in [0, 0.1) is 23.6 Å². The van der Waals surface area contributed by atoms with Crippen LogP contribution in [0.1, 0.15) is 102 Å². The maximum atomic E-state index is 14.1. The van der Waals surface area contributed by atoms with Gasteiger partial charge in [0.25, 0.3) is 0 Å². The maximum Gasteiger partial charge on any atom is 0.126 e. The second kappa shape index (κ2) is 11.2. The highest BCUT2D eigenvalue weighted by molar-refractivity contribution is 5.25. The first-order valence-electron chi connectivity index (χ1n) is 12.1. The lowest BCUT2D eigenvalue weighted by atomic mass is 9.70. The van der Waals surface area contributed by atoms with E-state index in [1.807, 2.05) is 6.07 Å². The Balaban J connectivity index is 1.41. The second-order valence-corrected chi connectivity index (χ2v) is 9.50. The summed E-state index contributed by atoms with van der Waals surface area (Å²) in [5, 5.41) is 0. The molecule has 0 N–H and O–H groups in total. The van der Waals surface area contributed by atoms with Gasteiger partial charge >= 0.3 is 0 Å². The average Bonchev–Trinajstić information content (AvgIpc) is 2.73. The Morgan fingerprint density at radius 3 is 2.36 bits per heavy atom. The first-order chi connectivity index (χ1) is 13.7. The van der Waals surface area contributed by atoms with Crippen molar-refractivity contribution in [1.29, 1.82) is 0 Å². The van der Waals surface area contributed by atoms with E-state index in [1.54, 1.807) is 11.6 Å². The Morgan fingerprint density at radius 1 is 0.893 bits per heavy atom. The van der Waals surface area contributed by atoms with Crippen LogP contribution in [0.2, 0.25) is 0 Å². The Kier molecular flexibility index (Phi) is 8.62. The number of rotatable bonds is 9. The molecule has 0 aliphatic heterocycles. The van der Waals surface area contributed by atoms with Gasteiger partial charge in [-0.05, 0) is 86.3 Å². The van der Waals surface area contributed by atoms with Crippen molar-refractivity contribution >= 4 is 0 Å². The minimum absolute atomic E-state index is 0.00780. The summed E-state index contributed by atoms with van der Waals surface area (Å²) in [6.07, 6.45) is 20.6. The Hall–Kier alpha value is -1.11. The van der Waals surface area contributed by atoms with E-state index in [2.05, 4.69) is 26.0 Å². The zero-order valence-electron chi connectivity index (χ0n) is 18.3. The number of benzene rings is 1. The molecule has 0 aromatic heterocycles. The molecule has 1 heteroatoms. The normalized spacial score (nSPS) is 25.5. The summed E-state index contributed by atoms with van der Waals surface area (Å²) in [4.78, 5) is 0. The SMILES string of the molecule is CCCC[C@H]1CC[C@H](C2CC=C(CCc3ccc(CCC)c(F)c3)CC2)CC1. The molecule has 1 unspecified atom stereocenters. The first kappa shape index (κ1) is 21.6. The topological polar surface area (TPSA) is 0 Å². The van der Waals surface area contributed by atoms with E-state index in [0.29, 0.717) is 0 Å². The van der Waals surface area contributed by atoms with Crippen molar-refractivity contribution in [1.82, 2.24) is 0 Å². The first-order valence-corrected chi connectivity index (χ1v) is 12.1. The van der Waals surface area contributed by atoms with Crippen molar-refractivity contribution in [2.24, 2.45) is 17.8 Å². The fraction of sp³-hybridized carbons (Fsp3) is 0.704. The molecule has 0 spiro atoms. The summed E-state index contributed by atoms with van der Waals surface area (Å²) in [5.41, 5.74) is 3.65. The van der Waals surface area contributed by atoms with Crippen LogP contribution in [0.4, 0.5) is 4.39 Å². The van der Waals surface area contributed by atoms with Crippen LogP contribution in [0.15, 0.2) is 29.8 Å². The molecule has 0 amide bonds. The van der Waals surface area contributed by atoms with Gasteiger partial charge in [-0.1, -0.05) is 76.2 Å². The van der Waals surface area contributed by atoms with E-state index >= 15 is 0 Å². The van der Waals surface area contributed by atoms with Gasteiger partial charge in [0.05, 0.1) is 0 Å². The van der Waals surface area contributed by atoms with E-state index < -0.39 is 0 Å². The molecule has 0 nitrogen and oxygen atoms in total. The molecule has 0 heterocycles. The number of hydrogen-bond acceptors (Lipinski definition) is 0. The number of unbranched alkanes of at least 4 members (excludes halogenated alkanes) is 1. The van der Waals surface area contributed by atoms with Crippen LogP contribution < -0.4 is 0 Å². The monoisotopic (exact) mass is 384 g/mol. The lowest BCUT2D eigenvalue weighted by Crippen LogP contribution is -2.23. The highest BCUT2D eigenvalue weighted by atomic mass is 19.1. The van der Waals surface area contributed by atoms with Crippen molar-refractivity contribution in [3.05, 3.63) is 46.8 Å². The summed E-state index contributed by atoms with van der Waals surface area (Å²) in [7, 11) is 0. The van der Waals surface area contributed by atoms with Crippen LogP contribution in [0.3, 0.4) is 0 Å². The number of hydrogen-bond donors (Lipinski definition) is 0. The van der Waals surface area contributed by atoms with E-state index in [-0.39, 0.29) is 5.82 Å². The molecule has 2 aliphatic rings. The van der Waals surface area contributed by atoms with Gasteiger partial charge in [-0.25, -0.2) is 4.39 Å². The molecule has 0 saturated heterocycles. The minimum atomic E-state index is -0.00780. The van der Waals surface area contributed by atoms with Crippen molar-refractivity contribution in [3.8, 4) is 0 Å². The highest BCUT2D eigenvalue weighted by Gasteiger charge is 2.28.